The highest BCUT2D eigenvalue weighted by atomic mass is 16.5. The first-order valence-corrected chi connectivity index (χ1v) is 7.20. The van der Waals surface area contributed by atoms with Gasteiger partial charge >= 0.3 is 0 Å². The number of nitrogens with one attached hydrogen (secondary N) is 1. The topological polar surface area (TPSA) is 21.3 Å². The second kappa shape index (κ2) is 7.06. The van der Waals surface area contributed by atoms with Gasteiger partial charge in [-0.15, -0.1) is 0 Å². The molecule has 19 heavy (non-hydrogen) atoms. The molecule has 1 rings (SSSR count). The average molecular weight is 263 g/mol. The molecule has 0 amide bonds. The number of methoxy groups -OCH3 is 1. The summed E-state index contributed by atoms with van der Waals surface area (Å²) in [6, 6.07) is 9.14. The Morgan fingerprint density at radius 1 is 1.16 bits per heavy atom. The van der Waals surface area contributed by atoms with E-state index >= 15 is 0 Å². The van der Waals surface area contributed by atoms with Gasteiger partial charge in [-0.05, 0) is 30.9 Å². The van der Waals surface area contributed by atoms with Gasteiger partial charge in [-0.1, -0.05) is 57.5 Å². The summed E-state index contributed by atoms with van der Waals surface area (Å²) in [5.41, 5.74) is 2.80. The summed E-state index contributed by atoms with van der Waals surface area (Å²) in [6.45, 7) is 11.9. The Morgan fingerprint density at radius 2 is 1.74 bits per heavy atom. The molecule has 0 saturated heterocycles. The number of benzene rings is 1. The lowest BCUT2D eigenvalue weighted by Gasteiger charge is -2.36. The summed E-state index contributed by atoms with van der Waals surface area (Å²) in [7, 11) is 1.81. The first-order valence-electron chi connectivity index (χ1n) is 7.20. The van der Waals surface area contributed by atoms with E-state index < -0.39 is 0 Å². The predicted molar refractivity (Wildman–Crippen MR) is 82.6 cm³/mol. The molecule has 2 nitrogen and oxygen atoms in total. The number of ether oxygens (including phenoxy) is 1. The van der Waals surface area contributed by atoms with Crippen molar-refractivity contribution in [2.45, 2.75) is 53.2 Å². The smallest absolute Gasteiger partial charge is 0.0775 e. The van der Waals surface area contributed by atoms with E-state index in [0.29, 0.717) is 6.04 Å². The van der Waals surface area contributed by atoms with Gasteiger partial charge in [0, 0.05) is 13.2 Å². The van der Waals surface area contributed by atoms with E-state index in [2.05, 4.69) is 64.2 Å². The normalized spacial score (nSPS) is 15.3. The van der Waals surface area contributed by atoms with E-state index in [-0.39, 0.29) is 11.5 Å². The molecule has 0 aliphatic heterocycles. The zero-order valence-electron chi connectivity index (χ0n) is 13.3. The predicted octanol–water partition coefficient (Wildman–Crippen LogP) is 3.58. The summed E-state index contributed by atoms with van der Waals surface area (Å²) in [4.78, 5) is 0. The lowest BCUT2D eigenvalue weighted by molar-refractivity contribution is -0.0106. The first kappa shape index (κ1) is 16.2. The molecule has 0 fully saturated rings. The Bertz CT molecular complexity index is 364. The number of rotatable bonds is 6. The molecule has 0 heterocycles. The minimum Gasteiger partial charge on any atom is -0.379 e. The van der Waals surface area contributed by atoms with Crippen molar-refractivity contribution in [3.63, 3.8) is 0 Å². The molecule has 0 bridgehead atoms. The molecular weight excluding hydrogens is 234 g/mol. The summed E-state index contributed by atoms with van der Waals surface area (Å²) in [5, 5.41) is 3.58. The maximum absolute atomic E-state index is 5.76. The maximum Gasteiger partial charge on any atom is 0.0775 e. The van der Waals surface area contributed by atoms with Crippen LogP contribution in [0.3, 0.4) is 0 Å². The van der Waals surface area contributed by atoms with Crippen molar-refractivity contribution in [3.8, 4) is 0 Å². The molecule has 0 aliphatic rings. The number of aryl methyl sites for hydroxylation is 1. The summed E-state index contributed by atoms with van der Waals surface area (Å²) in [6.07, 6.45) is 1.21. The van der Waals surface area contributed by atoms with Crippen LogP contribution in [0.25, 0.3) is 0 Å². The van der Waals surface area contributed by atoms with E-state index in [1.54, 1.807) is 0 Å². The van der Waals surface area contributed by atoms with Gasteiger partial charge in [0.1, 0.15) is 0 Å². The van der Waals surface area contributed by atoms with Crippen molar-refractivity contribution in [1.29, 1.82) is 0 Å². The third-order valence-electron chi connectivity index (χ3n) is 3.52. The Kier molecular flexibility index (Phi) is 6.02. The maximum atomic E-state index is 5.76. The van der Waals surface area contributed by atoms with Gasteiger partial charge in [0.15, 0.2) is 0 Å². The largest absolute Gasteiger partial charge is 0.379 e. The van der Waals surface area contributed by atoms with Crippen LogP contribution in [0, 0.1) is 12.3 Å². The molecule has 0 aliphatic carbocycles. The second-order valence-corrected chi connectivity index (χ2v) is 6.38. The minimum absolute atomic E-state index is 0.131. The van der Waals surface area contributed by atoms with Crippen molar-refractivity contribution < 1.29 is 4.74 Å². The standard InChI is InChI=1S/C17H29NO/c1-7-18-15(16(19-6)17(3,4)5)12-14-10-8-13(2)9-11-14/h8-11,15-16,18H,7,12H2,1-6H3. The average Bonchev–Trinajstić information content (AvgIpc) is 2.31. The van der Waals surface area contributed by atoms with Crippen LogP contribution in [0.4, 0.5) is 0 Å². The van der Waals surface area contributed by atoms with E-state index in [0.717, 1.165) is 13.0 Å². The van der Waals surface area contributed by atoms with Crippen LogP contribution < -0.4 is 5.32 Å². The lowest BCUT2D eigenvalue weighted by atomic mass is 9.82. The highest BCUT2D eigenvalue weighted by molar-refractivity contribution is 5.22. The summed E-state index contributed by atoms with van der Waals surface area (Å²) in [5.74, 6) is 0. The van der Waals surface area contributed by atoms with Gasteiger partial charge in [-0.2, -0.15) is 0 Å². The number of likely N-dealkylation sites (N-methyl/N-ethyl adjacent to an activating group) is 1. The zero-order chi connectivity index (χ0) is 14.5. The van der Waals surface area contributed by atoms with Gasteiger partial charge in [-0.3, -0.25) is 0 Å². The Hall–Kier alpha value is -0.860. The molecule has 2 atom stereocenters. The molecular formula is C17H29NO. The van der Waals surface area contributed by atoms with Crippen LogP contribution in [0.5, 0.6) is 0 Å². The molecule has 2 unspecified atom stereocenters. The Morgan fingerprint density at radius 3 is 2.16 bits per heavy atom. The van der Waals surface area contributed by atoms with Crippen molar-refractivity contribution in [1.82, 2.24) is 5.32 Å². The minimum atomic E-state index is 0.131. The van der Waals surface area contributed by atoms with Gasteiger partial charge in [0.05, 0.1) is 6.10 Å². The van der Waals surface area contributed by atoms with Crippen molar-refractivity contribution in [2.24, 2.45) is 5.41 Å². The molecule has 0 spiro atoms. The SMILES string of the molecule is CCNC(Cc1ccc(C)cc1)C(OC)C(C)(C)C. The molecule has 2 heteroatoms. The van der Waals surface area contributed by atoms with Gasteiger partial charge in [0.25, 0.3) is 0 Å². The second-order valence-electron chi connectivity index (χ2n) is 6.38. The van der Waals surface area contributed by atoms with Crippen LogP contribution in [0.1, 0.15) is 38.8 Å². The van der Waals surface area contributed by atoms with Gasteiger partial charge < -0.3 is 10.1 Å². The van der Waals surface area contributed by atoms with Crippen molar-refractivity contribution >= 4 is 0 Å². The molecule has 108 valence electrons. The molecule has 0 aromatic heterocycles. The molecule has 0 radical (unpaired) electrons. The zero-order valence-corrected chi connectivity index (χ0v) is 13.3. The quantitative estimate of drug-likeness (QED) is 0.847. The number of hydrogen-bond donors (Lipinski definition) is 1. The first-order chi connectivity index (χ1) is 8.88. The third kappa shape index (κ3) is 4.96. The van der Waals surface area contributed by atoms with Gasteiger partial charge in [0.2, 0.25) is 0 Å². The number of hydrogen-bond acceptors (Lipinski definition) is 2. The van der Waals surface area contributed by atoms with Crippen LogP contribution >= 0.6 is 0 Å². The Labute approximate surface area is 118 Å². The van der Waals surface area contributed by atoms with Crippen molar-refractivity contribution in [3.05, 3.63) is 35.4 Å². The fourth-order valence-electron chi connectivity index (χ4n) is 2.65. The van der Waals surface area contributed by atoms with Crippen LogP contribution in [-0.4, -0.2) is 25.8 Å². The molecule has 1 aromatic carbocycles. The lowest BCUT2D eigenvalue weighted by Crippen LogP contribution is -2.48. The Balaban J connectivity index is 2.84. The van der Waals surface area contributed by atoms with Crippen LogP contribution in [-0.2, 0) is 11.2 Å². The van der Waals surface area contributed by atoms with Crippen LogP contribution in [0.15, 0.2) is 24.3 Å². The highest BCUT2D eigenvalue weighted by Gasteiger charge is 2.31. The monoisotopic (exact) mass is 263 g/mol. The van der Waals surface area contributed by atoms with Crippen molar-refractivity contribution in [2.75, 3.05) is 13.7 Å². The summed E-state index contributed by atoms with van der Waals surface area (Å²) >= 11 is 0. The molecule has 1 aromatic rings. The summed E-state index contributed by atoms with van der Waals surface area (Å²) < 4.78 is 5.76. The van der Waals surface area contributed by atoms with E-state index in [9.17, 15) is 0 Å². The molecule has 1 N–H and O–H groups in total. The van der Waals surface area contributed by atoms with E-state index in [1.807, 2.05) is 7.11 Å². The fraction of sp³-hybridized carbons (Fsp3) is 0.647. The third-order valence-corrected chi connectivity index (χ3v) is 3.52. The van der Waals surface area contributed by atoms with Crippen LogP contribution in [0.2, 0.25) is 0 Å². The highest BCUT2D eigenvalue weighted by Crippen LogP contribution is 2.26. The molecule has 0 saturated carbocycles. The fourth-order valence-corrected chi connectivity index (χ4v) is 2.65. The van der Waals surface area contributed by atoms with E-state index in [1.165, 1.54) is 11.1 Å². The van der Waals surface area contributed by atoms with E-state index in [4.69, 9.17) is 4.74 Å². The van der Waals surface area contributed by atoms with Gasteiger partial charge in [-0.25, -0.2) is 0 Å².